The van der Waals surface area contributed by atoms with Crippen LogP contribution in [-0.2, 0) is 4.79 Å². The van der Waals surface area contributed by atoms with Crippen molar-refractivity contribution in [2.24, 2.45) is 0 Å². The third-order valence-corrected chi connectivity index (χ3v) is 3.76. The van der Waals surface area contributed by atoms with E-state index in [0.717, 1.165) is 6.42 Å². The van der Waals surface area contributed by atoms with Crippen molar-refractivity contribution in [1.29, 1.82) is 0 Å². The number of carbonyl (C=O) groups excluding carboxylic acids is 1. The predicted molar refractivity (Wildman–Crippen MR) is 98.1 cm³/mol. The van der Waals surface area contributed by atoms with Crippen molar-refractivity contribution >= 4 is 18.3 Å². The third kappa shape index (κ3) is 6.43. The molecule has 0 aliphatic carbocycles. The molecule has 2 aromatic carbocycles. The van der Waals surface area contributed by atoms with Crippen LogP contribution in [-0.4, -0.2) is 26.0 Å². The van der Waals surface area contributed by atoms with Crippen molar-refractivity contribution in [2.75, 3.05) is 20.1 Å². The Morgan fingerprint density at radius 3 is 1.91 bits per heavy atom. The van der Waals surface area contributed by atoms with Gasteiger partial charge in [0, 0.05) is 25.4 Å². The molecule has 0 saturated heterocycles. The lowest BCUT2D eigenvalue weighted by Gasteiger charge is -2.18. The molecule has 0 heterocycles. The Morgan fingerprint density at radius 1 is 0.913 bits per heavy atom. The summed E-state index contributed by atoms with van der Waals surface area (Å²) < 4.78 is 0. The highest BCUT2D eigenvalue weighted by molar-refractivity contribution is 5.85. The molecule has 124 valence electrons. The number of rotatable bonds is 8. The van der Waals surface area contributed by atoms with Crippen LogP contribution in [0.15, 0.2) is 60.7 Å². The van der Waals surface area contributed by atoms with Gasteiger partial charge < -0.3 is 10.6 Å². The van der Waals surface area contributed by atoms with Crippen molar-refractivity contribution in [1.82, 2.24) is 10.6 Å². The average molecular weight is 333 g/mol. The highest BCUT2D eigenvalue weighted by atomic mass is 35.5. The smallest absolute Gasteiger partial charge is 0.221 e. The van der Waals surface area contributed by atoms with E-state index in [4.69, 9.17) is 0 Å². The van der Waals surface area contributed by atoms with Crippen molar-refractivity contribution in [2.45, 2.75) is 18.8 Å². The molecule has 0 bridgehead atoms. The third-order valence-electron chi connectivity index (χ3n) is 3.76. The summed E-state index contributed by atoms with van der Waals surface area (Å²) in [7, 11) is 1.86. The summed E-state index contributed by atoms with van der Waals surface area (Å²) in [6, 6.07) is 20.9. The summed E-state index contributed by atoms with van der Waals surface area (Å²) >= 11 is 0. The van der Waals surface area contributed by atoms with Gasteiger partial charge in [-0.2, -0.15) is 0 Å². The summed E-state index contributed by atoms with van der Waals surface area (Å²) in [6.45, 7) is 1.41. The molecule has 4 heteroatoms. The summed E-state index contributed by atoms with van der Waals surface area (Å²) in [4.78, 5) is 11.7. The molecule has 0 saturated carbocycles. The van der Waals surface area contributed by atoms with E-state index >= 15 is 0 Å². The number of hydrogen-bond donors (Lipinski definition) is 2. The fraction of sp³-hybridized carbons (Fsp3) is 0.316. The monoisotopic (exact) mass is 332 g/mol. The first-order valence-electron chi connectivity index (χ1n) is 7.82. The fourth-order valence-corrected chi connectivity index (χ4v) is 2.58. The zero-order valence-electron chi connectivity index (χ0n) is 13.5. The first kappa shape index (κ1) is 19.2. The van der Waals surface area contributed by atoms with Gasteiger partial charge in [0.1, 0.15) is 0 Å². The van der Waals surface area contributed by atoms with E-state index in [1.165, 1.54) is 11.1 Å². The topological polar surface area (TPSA) is 41.1 Å². The molecular formula is C19H25ClN2O. The Hall–Kier alpha value is -1.84. The largest absolute Gasteiger partial charge is 0.356 e. The minimum Gasteiger partial charge on any atom is -0.356 e. The first-order chi connectivity index (χ1) is 10.8. The van der Waals surface area contributed by atoms with E-state index in [2.05, 4.69) is 59.2 Å². The van der Waals surface area contributed by atoms with Gasteiger partial charge in [0.15, 0.2) is 0 Å². The Labute approximate surface area is 144 Å². The molecule has 2 rings (SSSR count). The number of hydrogen-bond acceptors (Lipinski definition) is 2. The van der Waals surface area contributed by atoms with Gasteiger partial charge in [0.2, 0.25) is 5.91 Å². The molecule has 0 spiro atoms. The van der Waals surface area contributed by atoms with Crippen LogP contribution in [0.3, 0.4) is 0 Å². The van der Waals surface area contributed by atoms with Crippen LogP contribution in [0.2, 0.25) is 0 Å². The molecule has 0 aliphatic heterocycles. The second-order valence-electron chi connectivity index (χ2n) is 5.37. The zero-order chi connectivity index (χ0) is 15.6. The standard InChI is InChI=1S/C19H24N2O.ClH/c1-20-14-13-19(22)21-15-12-18(16-8-4-2-5-9-16)17-10-6-3-7-11-17;/h2-11,18,20H,12-15H2,1H3,(H,21,22);1H. The Balaban J connectivity index is 0.00000264. The highest BCUT2D eigenvalue weighted by Crippen LogP contribution is 2.27. The lowest BCUT2D eigenvalue weighted by molar-refractivity contribution is -0.120. The quantitative estimate of drug-likeness (QED) is 0.778. The van der Waals surface area contributed by atoms with E-state index in [-0.39, 0.29) is 18.3 Å². The summed E-state index contributed by atoms with van der Waals surface area (Å²) in [5.41, 5.74) is 2.58. The fourth-order valence-electron chi connectivity index (χ4n) is 2.58. The van der Waals surface area contributed by atoms with Crippen molar-refractivity contribution < 1.29 is 4.79 Å². The van der Waals surface area contributed by atoms with Gasteiger partial charge in [-0.05, 0) is 24.6 Å². The summed E-state index contributed by atoms with van der Waals surface area (Å²) in [5, 5.41) is 6.00. The normalized spacial score (nSPS) is 10.2. The van der Waals surface area contributed by atoms with Gasteiger partial charge in [-0.3, -0.25) is 4.79 Å². The molecule has 0 unspecified atom stereocenters. The SMILES string of the molecule is CNCCC(=O)NCCC(c1ccccc1)c1ccccc1.Cl. The molecular weight excluding hydrogens is 308 g/mol. The van der Waals surface area contributed by atoms with Crippen LogP contribution in [0.25, 0.3) is 0 Å². The van der Waals surface area contributed by atoms with Crippen LogP contribution in [0.1, 0.15) is 29.9 Å². The molecule has 1 amide bonds. The van der Waals surface area contributed by atoms with Gasteiger partial charge in [0.05, 0.1) is 0 Å². The molecule has 0 radical (unpaired) electrons. The van der Waals surface area contributed by atoms with Crippen LogP contribution in [0.5, 0.6) is 0 Å². The van der Waals surface area contributed by atoms with Gasteiger partial charge >= 0.3 is 0 Å². The highest BCUT2D eigenvalue weighted by Gasteiger charge is 2.13. The number of halogens is 1. The first-order valence-corrected chi connectivity index (χ1v) is 7.82. The van der Waals surface area contributed by atoms with E-state index < -0.39 is 0 Å². The van der Waals surface area contributed by atoms with Gasteiger partial charge in [-0.15, -0.1) is 12.4 Å². The van der Waals surface area contributed by atoms with E-state index in [9.17, 15) is 4.79 Å². The lowest BCUT2D eigenvalue weighted by Crippen LogP contribution is -2.28. The van der Waals surface area contributed by atoms with Gasteiger partial charge in [-0.1, -0.05) is 60.7 Å². The van der Waals surface area contributed by atoms with Crippen LogP contribution >= 0.6 is 12.4 Å². The molecule has 2 N–H and O–H groups in total. The zero-order valence-corrected chi connectivity index (χ0v) is 14.3. The van der Waals surface area contributed by atoms with Crippen molar-refractivity contribution in [3.8, 4) is 0 Å². The maximum absolute atomic E-state index is 11.7. The maximum Gasteiger partial charge on any atom is 0.221 e. The minimum atomic E-state index is 0. The minimum absolute atomic E-state index is 0. The van der Waals surface area contributed by atoms with Gasteiger partial charge in [0.25, 0.3) is 0 Å². The average Bonchev–Trinajstić information content (AvgIpc) is 2.58. The van der Waals surface area contributed by atoms with E-state index in [1.54, 1.807) is 0 Å². The molecule has 0 fully saturated rings. The second-order valence-corrected chi connectivity index (χ2v) is 5.37. The molecule has 2 aromatic rings. The van der Waals surface area contributed by atoms with Crippen LogP contribution in [0.4, 0.5) is 0 Å². The van der Waals surface area contributed by atoms with Crippen LogP contribution in [0, 0.1) is 0 Å². The number of benzene rings is 2. The summed E-state index contributed by atoms with van der Waals surface area (Å²) in [5.74, 6) is 0.418. The number of nitrogens with one attached hydrogen (secondary N) is 2. The van der Waals surface area contributed by atoms with E-state index in [1.807, 2.05) is 19.2 Å². The maximum atomic E-state index is 11.7. The Bertz CT molecular complexity index is 521. The molecule has 0 aliphatic rings. The second kappa shape index (κ2) is 10.8. The molecule has 0 atom stereocenters. The Kier molecular flexibility index (Phi) is 9.03. The van der Waals surface area contributed by atoms with Crippen LogP contribution < -0.4 is 10.6 Å². The number of carbonyl (C=O) groups is 1. The predicted octanol–water partition coefficient (Wildman–Crippen LogP) is 3.36. The van der Waals surface area contributed by atoms with Gasteiger partial charge in [-0.25, -0.2) is 0 Å². The molecule has 23 heavy (non-hydrogen) atoms. The van der Waals surface area contributed by atoms with Crippen molar-refractivity contribution in [3.63, 3.8) is 0 Å². The summed E-state index contributed by atoms with van der Waals surface area (Å²) in [6.07, 6.45) is 1.43. The molecule has 0 aromatic heterocycles. The Morgan fingerprint density at radius 2 is 1.43 bits per heavy atom. The van der Waals surface area contributed by atoms with Crippen molar-refractivity contribution in [3.05, 3.63) is 71.8 Å². The lowest BCUT2D eigenvalue weighted by atomic mass is 9.88. The number of amides is 1. The molecule has 3 nitrogen and oxygen atoms in total. The van der Waals surface area contributed by atoms with E-state index in [0.29, 0.717) is 25.4 Å².